The smallest absolute Gasteiger partial charge is 0.232 e. The van der Waals surface area contributed by atoms with Crippen LogP contribution in [0.4, 0.5) is 0 Å². The van der Waals surface area contributed by atoms with E-state index in [2.05, 4.69) is 9.97 Å². The third kappa shape index (κ3) is 2.60. The van der Waals surface area contributed by atoms with Crippen LogP contribution in [0.15, 0.2) is 11.4 Å². The maximum absolute atomic E-state index is 11.6. The average Bonchev–Trinajstić information content (AvgIpc) is 2.62. The summed E-state index contributed by atoms with van der Waals surface area (Å²) in [4.78, 5) is 23.4. The molecule has 96 valence electrons. The highest BCUT2D eigenvalue weighted by Gasteiger charge is 2.15. The molecule has 4 nitrogen and oxygen atoms in total. The number of carbonyl (C=O) groups excluding carboxylic acids is 1. The van der Waals surface area contributed by atoms with Crippen LogP contribution in [0.5, 0.6) is 0 Å². The molecule has 2 aromatic heterocycles. The Labute approximate surface area is 118 Å². The van der Waals surface area contributed by atoms with E-state index in [0.29, 0.717) is 10.8 Å². The topological polar surface area (TPSA) is 46.1 Å². The quantitative estimate of drug-likeness (QED) is 0.646. The zero-order chi connectivity index (χ0) is 13.3. The fourth-order valence-corrected chi connectivity index (χ4v) is 3.69. The Morgan fingerprint density at radius 2 is 2.22 bits per heavy atom. The molecular formula is C11H12ClN3OS2. The first-order valence-electron chi connectivity index (χ1n) is 5.23. The Balaban J connectivity index is 2.31. The molecule has 0 bridgehead atoms. The lowest BCUT2D eigenvalue weighted by molar-refractivity contribution is -0.125. The molecule has 7 heteroatoms. The van der Waals surface area contributed by atoms with Crippen molar-refractivity contribution in [1.29, 1.82) is 0 Å². The first kappa shape index (κ1) is 13.6. The number of hydrogen-bond donors (Lipinski definition) is 0. The van der Waals surface area contributed by atoms with E-state index >= 15 is 0 Å². The van der Waals surface area contributed by atoms with Gasteiger partial charge < -0.3 is 4.90 Å². The lowest BCUT2D eigenvalue weighted by Gasteiger charge is -2.09. The van der Waals surface area contributed by atoms with Crippen LogP contribution in [0.25, 0.3) is 10.2 Å². The third-order valence-electron chi connectivity index (χ3n) is 2.39. The van der Waals surface area contributed by atoms with Gasteiger partial charge in [0.1, 0.15) is 16.2 Å². The van der Waals surface area contributed by atoms with Crippen LogP contribution in [0, 0.1) is 6.92 Å². The molecule has 0 unspecified atom stereocenters. The Kier molecular flexibility index (Phi) is 4.09. The summed E-state index contributed by atoms with van der Waals surface area (Å²) in [6.45, 7) is 1.95. The van der Waals surface area contributed by atoms with Gasteiger partial charge in [-0.2, -0.15) is 0 Å². The summed E-state index contributed by atoms with van der Waals surface area (Å²) in [6, 6.07) is 0. The van der Waals surface area contributed by atoms with E-state index in [4.69, 9.17) is 11.6 Å². The number of aromatic nitrogens is 2. The van der Waals surface area contributed by atoms with Crippen LogP contribution in [-0.2, 0) is 4.79 Å². The van der Waals surface area contributed by atoms with E-state index in [9.17, 15) is 4.79 Å². The molecule has 2 aromatic rings. The number of hydrogen-bond acceptors (Lipinski definition) is 5. The lowest BCUT2D eigenvalue weighted by atomic mass is 10.4. The number of carbonyl (C=O) groups is 1. The zero-order valence-electron chi connectivity index (χ0n) is 10.2. The molecule has 1 amide bonds. The van der Waals surface area contributed by atoms with Crippen LogP contribution in [-0.4, -0.2) is 40.6 Å². The van der Waals surface area contributed by atoms with Gasteiger partial charge in [-0.15, -0.1) is 11.3 Å². The normalized spacial score (nSPS) is 10.9. The molecule has 0 aliphatic rings. The fourth-order valence-electron chi connectivity index (χ4n) is 1.35. The van der Waals surface area contributed by atoms with Crippen LogP contribution < -0.4 is 0 Å². The summed E-state index contributed by atoms with van der Waals surface area (Å²) in [5, 5.41) is 2.32. The van der Waals surface area contributed by atoms with Gasteiger partial charge in [-0.25, -0.2) is 9.97 Å². The van der Waals surface area contributed by atoms with Crippen molar-refractivity contribution in [3.05, 3.63) is 16.2 Å². The predicted octanol–water partition coefficient (Wildman–Crippen LogP) is 2.83. The molecule has 0 aliphatic carbocycles. The molecular weight excluding hydrogens is 290 g/mol. The van der Waals surface area contributed by atoms with Gasteiger partial charge in [0.2, 0.25) is 5.91 Å². The molecule has 2 rings (SSSR count). The van der Waals surface area contributed by atoms with E-state index in [1.165, 1.54) is 18.1 Å². The number of thioether (sulfide) groups is 1. The van der Waals surface area contributed by atoms with E-state index in [0.717, 1.165) is 20.1 Å². The molecule has 0 atom stereocenters. The van der Waals surface area contributed by atoms with Gasteiger partial charge in [0, 0.05) is 19.0 Å². The van der Waals surface area contributed by atoms with Gasteiger partial charge >= 0.3 is 0 Å². The van der Waals surface area contributed by atoms with Crippen LogP contribution >= 0.6 is 34.7 Å². The van der Waals surface area contributed by atoms with Crippen LogP contribution in [0.2, 0.25) is 5.02 Å². The standard InChI is InChI=1S/C11H12ClN3OS2/c1-6-9(12)8-10(13-5-14-11(8)18-6)17-4-7(16)15(2)3/h5H,4H2,1-3H3. The monoisotopic (exact) mass is 301 g/mol. The first-order chi connectivity index (χ1) is 8.50. The minimum atomic E-state index is 0.0508. The summed E-state index contributed by atoms with van der Waals surface area (Å²) < 4.78 is 0. The molecule has 0 aliphatic heterocycles. The second-order valence-electron chi connectivity index (χ2n) is 3.91. The second-order valence-corrected chi connectivity index (χ2v) is 6.45. The molecule has 0 fully saturated rings. The van der Waals surface area contributed by atoms with Crippen molar-refractivity contribution in [3.63, 3.8) is 0 Å². The van der Waals surface area contributed by atoms with Gasteiger partial charge in [0.15, 0.2) is 0 Å². The molecule has 0 radical (unpaired) electrons. The van der Waals surface area contributed by atoms with Crippen LogP contribution in [0.3, 0.4) is 0 Å². The minimum absolute atomic E-state index is 0.0508. The van der Waals surface area contributed by atoms with Gasteiger partial charge in [-0.1, -0.05) is 23.4 Å². The lowest BCUT2D eigenvalue weighted by Crippen LogP contribution is -2.23. The van der Waals surface area contributed by atoms with E-state index in [1.807, 2.05) is 6.92 Å². The summed E-state index contributed by atoms with van der Waals surface area (Å²) in [6.07, 6.45) is 1.51. The predicted molar refractivity (Wildman–Crippen MR) is 76.6 cm³/mol. The highest BCUT2D eigenvalue weighted by Crippen LogP contribution is 2.38. The van der Waals surface area contributed by atoms with E-state index in [1.54, 1.807) is 30.3 Å². The van der Waals surface area contributed by atoms with Gasteiger partial charge in [-0.05, 0) is 6.92 Å². The van der Waals surface area contributed by atoms with Crippen molar-refractivity contribution in [2.75, 3.05) is 19.8 Å². The third-order valence-corrected chi connectivity index (χ3v) is 4.96. The highest BCUT2D eigenvalue weighted by atomic mass is 35.5. The number of rotatable bonds is 3. The average molecular weight is 302 g/mol. The number of halogens is 1. The molecule has 0 N–H and O–H groups in total. The molecule has 2 heterocycles. The van der Waals surface area contributed by atoms with Gasteiger partial charge in [-0.3, -0.25) is 4.79 Å². The van der Waals surface area contributed by atoms with Crippen molar-refractivity contribution < 1.29 is 4.79 Å². The molecule has 0 spiro atoms. The van der Waals surface area contributed by atoms with Crippen molar-refractivity contribution in [1.82, 2.24) is 14.9 Å². The zero-order valence-corrected chi connectivity index (χ0v) is 12.6. The maximum Gasteiger partial charge on any atom is 0.232 e. The number of thiophene rings is 1. The first-order valence-corrected chi connectivity index (χ1v) is 7.41. The maximum atomic E-state index is 11.6. The number of nitrogens with zero attached hydrogens (tertiary/aromatic N) is 3. The second kappa shape index (κ2) is 5.42. The summed E-state index contributed by atoms with van der Waals surface area (Å²) in [5.74, 6) is 0.402. The SMILES string of the molecule is Cc1sc2ncnc(SCC(=O)N(C)C)c2c1Cl. The van der Waals surface area contributed by atoms with Crippen molar-refractivity contribution in [2.24, 2.45) is 0 Å². The largest absolute Gasteiger partial charge is 0.348 e. The summed E-state index contributed by atoms with van der Waals surface area (Å²) in [5.41, 5.74) is 0. The van der Waals surface area contributed by atoms with E-state index < -0.39 is 0 Å². The Morgan fingerprint density at radius 3 is 2.89 bits per heavy atom. The number of fused-ring (bicyclic) bond motifs is 1. The Bertz CT molecular complexity index is 597. The van der Waals surface area contributed by atoms with Gasteiger partial charge in [0.25, 0.3) is 0 Å². The molecule has 0 saturated heterocycles. The van der Waals surface area contributed by atoms with Gasteiger partial charge in [0.05, 0.1) is 16.2 Å². The summed E-state index contributed by atoms with van der Waals surface area (Å²) in [7, 11) is 3.47. The number of aryl methyl sites for hydroxylation is 1. The summed E-state index contributed by atoms with van der Waals surface area (Å²) >= 11 is 9.18. The number of amides is 1. The minimum Gasteiger partial charge on any atom is -0.348 e. The van der Waals surface area contributed by atoms with Crippen LogP contribution in [0.1, 0.15) is 4.88 Å². The van der Waals surface area contributed by atoms with Crippen molar-refractivity contribution in [3.8, 4) is 0 Å². The molecule has 0 aromatic carbocycles. The van der Waals surface area contributed by atoms with Crippen molar-refractivity contribution >= 4 is 50.8 Å². The Hall–Kier alpha value is -0.850. The fraction of sp³-hybridized carbons (Fsp3) is 0.364. The molecule has 0 saturated carbocycles. The molecule has 18 heavy (non-hydrogen) atoms. The van der Waals surface area contributed by atoms with Crippen molar-refractivity contribution in [2.45, 2.75) is 11.9 Å². The Morgan fingerprint density at radius 1 is 1.50 bits per heavy atom. The van der Waals surface area contributed by atoms with E-state index in [-0.39, 0.29) is 5.91 Å². The highest BCUT2D eigenvalue weighted by molar-refractivity contribution is 8.00.